The number of hydrogen-bond donors (Lipinski definition) is 2. The van der Waals surface area contributed by atoms with Crippen molar-refractivity contribution >= 4 is 33.2 Å². The van der Waals surface area contributed by atoms with Crippen LogP contribution < -0.4 is 19.7 Å². The van der Waals surface area contributed by atoms with Gasteiger partial charge in [-0.3, -0.25) is 13.9 Å². The number of benzene rings is 3. The Balaban J connectivity index is 1.90. The number of nitrogens with zero attached hydrogens (tertiary/aromatic N) is 1. The number of anilines is 2. The van der Waals surface area contributed by atoms with Gasteiger partial charge in [-0.15, -0.1) is 0 Å². The molecule has 36 heavy (non-hydrogen) atoms. The third kappa shape index (κ3) is 6.63. The molecule has 2 N–H and O–H groups in total. The molecule has 2 amide bonds. The van der Waals surface area contributed by atoms with Crippen LogP contribution in [0.1, 0.15) is 36.2 Å². The molecule has 3 aromatic rings. The van der Waals surface area contributed by atoms with Crippen LogP contribution in [-0.4, -0.2) is 39.9 Å². The highest BCUT2D eigenvalue weighted by molar-refractivity contribution is 7.92. The number of amides is 2. The molecule has 0 radical (unpaired) electrons. The van der Waals surface area contributed by atoms with Crippen molar-refractivity contribution in [3.8, 4) is 5.75 Å². The quantitative estimate of drug-likeness (QED) is 0.399. The molecule has 190 valence electrons. The number of nitrogens with one attached hydrogen (secondary N) is 2. The van der Waals surface area contributed by atoms with Crippen molar-refractivity contribution in [2.45, 2.75) is 32.1 Å². The van der Waals surface area contributed by atoms with Crippen molar-refractivity contribution in [3.63, 3.8) is 0 Å². The lowest BCUT2D eigenvalue weighted by Gasteiger charge is -2.24. The van der Waals surface area contributed by atoms with E-state index in [-0.39, 0.29) is 10.8 Å². The molecule has 0 heterocycles. The number of hydrogen-bond acceptors (Lipinski definition) is 5. The Bertz CT molecular complexity index is 1290. The monoisotopic (exact) mass is 509 g/mol. The van der Waals surface area contributed by atoms with Crippen molar-refractivity contribution in [1.29, 1.82) is 0 Å². The fourth-order valence-electron chi connectivity index (χ4n) is 3.47. The predicted octanol–water partition coefficient (Wildman–Crippen LogP) is 4.37. The second kappa shape index (κ2) is 12.2. The van der Waals surface area contributed by atoms with E-state index in [0.29, 0.717) is 35.8 Å². The summed E-state index contributed by atoms with van der Waals surface area (Å²) in [5.41, 5.74) is 1.90. The lowest BCUT2D eigenvalue weighted by molar-refractivity contribution is -0.114. The maximum absolute atomic E-state index is 13.6. The smallest absolute Gasteiger partial charge is 0.264 e. The van der Waals surface area contributed by atoms with Crippen molar-refractivity contribution in [2.24, 2.45) is 0 Å². The van der Waals surface area contributed by atoms with Gasteiger partial charge in [-0.25, -0.2) is 8.42 Å². The second-order valence-electron chi connectivity index (χ2n) is 8.10. The summed E-state index contributed by atoms with van der Waals surface area (Å²) in [6.07, 6.45) is 0.773. The van der Waals surface area contributed by atoms with Gasteiger partial charge in [-0.2, -0.15) is 0 Å². The van der Waals surface area contributed by atoms with Crippen LogP contribution in [0.25, 0.3) is 0 Å². The number of sulfonamides is 1. The molecule has 0 unspecified atom stereocenters. The van der Waals surface area contributed by atoms with E-state index in [2.05, 4.69) is 10.6 Å². The van der Waals surface area contributed by atoms with E-state index >= 15 is 0 Å². The van der Waals surface area contributed by atoms with Gasteiger partial charge in [0, 0.05) is 6.54 Å². The maximum atomic E-state index is 13.6. The third-order valence-electron chi connectivity index (χ3n) is 5.31. The molecule has 0 aromatic heterocycles. The number of carbonyl (C=O) groups excluding carboxylic acids is 2. The van der Waals surface area contributed by atoms with Crippen molar-refractivity contribution in [3.05, 3.63) is 83.9 Å². The summed E-state index contributed by atoms with van der Waals surface area (Å²) in [6, 6.07) is 19.5. The molecule has 3 aromatic carbocycles. The molecule has 0 saturated heterocycles. The van der Waals surface area contributed by atoms with Crippen LogP contribution in [0.15, 0.2) is 77.7 Å². The van der Waals surface area contributed by atoms with E-state index in [1.807, 2.05) is 20.8 Å². The first-order valence-electron chi connectivity index (χ1n) is 11.8. The SMILES string of the molecule is CCCNC(=O)c1ccccc1NC(=O)CN(c1ccc(C)cc1)S(=O)(=O)c1ccc(OCC)cc1. The molecule has 0 saturated carbocycles. The van der Waals surface area contributed by atoms with E-state index in [0.717, 1.165) is 16.3 Å². The van der Waals surface area contributed by atoms with Crippen LogP contribution in [0.4, 0.5) is 11.4 Å². The largest absolute Gasteiger partial charge is 0.494 e. The first kappa shape index (κ1) is 26.7. The standard InChI is InChI=1S/C27H31N3O5S/c1-4-18-28-27(32)24-8-6-7-9-25(24)29-26(31)19-30(21-12-10-20(3)11-13-21)36(33,34)23-16-14-22(15-17-23)35-5-2/h6-17H,4-5,18-19H2,1-3H3,(H,28,32)(H,29,31). The zero-order valence-corrected chi connectivity index (χ0v) is 21.5. The van der Waals surface area contributed by atoms with E-state index in [4.69, 9.17) is 4.74 Å². The Kier molecular flexibility index (Phi) is 9.08. The van der Waals surface area contributed by atoms with Crippen LogP contribution in [0, 0.1) is 6.92 Å². The number of aryl methyl sites for hydroxylation is 1. The van der Waals surface area contributed by atoms with Gasteiger partial charge in [0.1, 0.15) is 12.3 Å². The molecular weight excluding hydrogens is 478 g/mol. The Morgan fingerprint density at radius 2 is 1.58 bits per heavy atom. The third-order valence-corrected chi connectivity index (χ3v) is 7.10. The van der Waals surface area contributed by atoms with E-state index in [1.165, 1.54) is 12.1 Å². The summed E-state index contributed by atoms with van der Waals surface area (Å²) in [6.45, 7) is 6.15. The van der Waals surface area contributed by atoms with Gasteiger partial charge < -0.3 is 15.4 Å². The molecule has 8 nitrogen and oxygen atoms in total. The summed E-state index contributed by atoms with van der Waals surface area (Å²) in [7, 11) is -4.09. The molecule has 0 aliphatic heterocycles. The fraction of sp³-hybridized carbons (Fsp3) is 0.259. The number of ether oxygens (including phenoxy) is 1. The predicted molar refractivity (Wildman–Crippen MR) is 141 cm³/mol. The lowest BCUT2D eigenvalue weighted by Crippen LogP contribution is -2.38. The van der Waals surface area contributed by atoms with E-state index < -0.39 is 22.5 Å². The Morgan fingerprint density at radius 1 is 0.917 bits per heavy atom. The molecule has 0 aliphatic carbocycles. The van der Waals surface area contributed by atoms with Gasteiger partial charge in [0.05, 0.1) is 28.4 Å². The summed E-state index contributed by atoms with van der Waals surface area (Å²) in [5.74, 6) is -0.347. The average molecular weight is 510 g/mol. The summed E-state index contributed by atoms with van der Waals surface area (Å²) in [4.78, 5) is 25.6. The highest BCUT2D eigenvalue weighted by Gasteiger charge is 2.28. The van der Waals surface area contributed by atoms with Gasteiger partial charge >= 0.3 is 0 Å². The van der Waals surface area contributed by atoms with E-state index in [1.54, 1.807) is 60.7 Å². The fourth-order valence-corrected chi connectivity index (χ4v) is 4.89. The first-order valence-corrected chi connectivity index (χ1v) is 13.2. The summed E-state index contributed by atoms with van der Waals surface area (Å²) in [5, 5.41) is 5.49. The van der Waals surface area contributed by atoms with Crippen LogP contribution >= 0.6 is 0 Å². The number of carbonyl (C=O) groups is 2. The van der Waals surface area contributed by atoms with Crippen molar-refractivity contribution in [2.75, 3.05) is 29.3 Å². The zero-order valence-electron chi connectivity index (χ0n) is 20.7. The molecule has 0 spiro atoms. The molecule has 3 rings (SSSR count). The van der Waals surface area contributed by atoms with Crippen molar-refractivity contribution < 1.29 is 22.7 Å². The molecule has 0 aliphatic rings. The van der Waals surface area contributed by atoms with Gasteiger partial charge in [-0.1, -0.05) is 36.8 Å². The minimum Gasteiger partial charge on any atom is -0.494 e. The number of para-hydroxylation sites is 1. The van der Waals surface area contributed by atoms with Crippen LogP contribution in [0.5, 0.6) is 5.75 Å². The minimum absolute atomic E-state index is 0.0265. The van der Waals surface area contributed by atoms with Gasteiger partial charge in [0.25, 0.3) is 15.9 Å². The lowest BCUT2D eigenvalue weighted by atomic mass is 10.1. The summed E-state index contributed by atoms with van der Waals surface area (Å²) < 4.78 is 33.7. The minimum atomic E-state index is -4.09. The maximum Gasteiger partial charge on any atom is 0.264 e. The average Bonchev–Trinajstić information content (AvgIpc) is 2.87. The van der Waals surface area contributed by atoms with Gasteiger partial charge in [0.2, 0.25) is 5.91 Å². The normalized spacial score (nSPS) is 11.0. The Hall–Kier alpha value is -3.85. The summed E-state index contributed by atoms with van der Waals surface area (Å²) >= 11 is 0. The molecule has 0 bridgehead atoms. The Labute approximate surface area is 212 Å². The Morgan fingerprint density at radius 3 is 2.22 bits per heavy atom. The molecule has 0 fully saturated rings. The van der Waals surface area contributed by atoms with Crippen LogP contribution in [-0.2, 0) is 14.8 Å². The zero-order chi connectivity index (χ0) is 26.1. The van der Waals surface area contributed by atoms with E-state index in [9.17, 15) is 18.0 Å². The highest BCUT2D eigenvalue weighted by atomic mass is 32.2. The van der Waals surface area contributed by atoms with Gasteiger partial charge in [0.15, 0.2) is 0 Å². The van der Waals surface area contributed by atoms with Gasteiger partial charge in [-0.05, 0) is 68.8 Å². The van der Waals surface area contributed by atoms with Crippen LogP contribution in [0.2, 0.25) is 0 Å². The topological polar surface area (TPSA) is 105 Å². The second-order valence-corrected chi connectivity index (χ2v) is 9.96. The first-order chi connectivity index (χ1) is 17.3. The van der Waals surface area contributed by atoms with Crippen LogP contribution in [0.3, 0.4) is 0 Å². The molecule has 9 heteroatoms. The molecule has 0 atom stereocenters. The van der Waals surface area contributed by atoms with Crippen molar-refractivity contribution in [1.82, 2.24) is 5.32 Å². The highest BCUT2D eigenvalue weighted by Crippen LogP contribution is 2.26. The number of rotatable bonds is 11. The molecular formula is C27H31N3O5S.